The Balaban J connectivity index is 2.42. The van der Waals surface area contributed by atoms with E-state index in [1.165, 1.54) is 19.3 Å². The van der Waals surface area contributed by atoms with Crippen LogP contribution in [0.4, 0.5) is 0 Å². The van der Waals surface area contributed by atoms with Crippen LogP contribution in [0.3, 0.4) is 0 Å². The topological polar surface area (TPSA) is 29.5 Å². The largest absolute Gasteiger partial charge is 0.459 e. The number of hydrogen-bond acceptors (Lipinski definition) is 3. The maximum Gasteiger partial charge on any atom is 0.323 e. The number of rotatable bonds is 5. The van der Waals surface area contributed by atoms with Crippen molar-refractivity contribution < 1.29 is 9.53 Å². The Kier molecular flexibility index (Phi) is 5.44. The Hall–Kier alpha value is -0.570. The lowest BCUT2D eigenvalue weighted by Crippen LogP contribution is -2.40. The summed E-state index contributed by atoms with van der Waals surface area (Å²) in [4.78, 5) is 14.3. The third-order valence-corrected chi connectivity index (χ3v) is 3.09. The highest BCUT2D eigenvalue weighted by atomic mass is 16.6. The van der Waals surface area contributed by atoms with Gasteiger partial charge in [-0.2, -0.15) is 0 Å². The number of carbonyl (C=O) groups is 1. The zero-order chi connectivity index (χ0) is 12.9. The number of hydrogen-bond donors (Lipinski definition) is 0. The number of nitrogens with zero attached hydrogens (tertiary/aromatic N) is 1. The summed E-state index contributed by atoms with van der Waals surface area (Å²) in [6.45, 7) is 10.1. The zero-order valence-electron chi connectivity index (χ0n) is 11.8. The van der Waals surface area contributed by atoms with E-state index in [9.17, 15) is 4.79 Å². The van der Waals surface area contributed by atoms with Crippen molar-refractivity contribution in [1.29, 1.82) is 0 Å². The van der Waals surface area contributed by atoms with E-state index in [-0.39, 0.29) is 17.6 Å². The summed E-state index contributed by atoms with van der Waals surface area (Å²) in [6.07, 6.45) is 5.75. The third kappa shape index (κ3) is 5.07. The number of esters is 1. The predicted molar refractivity (Wildman–Crippen MR) is 70.0 cm³/mol. The van der Waals surface area contributed by atoms with Gasteiger partial charge >= 0.3 is 5.97 Å². The summed E-state index contributed by atoms with van der Waals surface area (Å²) in [5.74, 6) is -0.0356. The molecule has 100 valence electrons. The molecule has 3 nitrogen and oxygen atoms in total. The van der Waals surface area contributed by atoms with E-state index in [4.69, 9.17) is 4.74 Å². The van der Waals surface area contributed by atoms with Crippen LogP contribution < -0.4 is 0 Å². The normalized spacial score (nSPS) is 21.8. The molecule has 3 heteroatoms. The van der Waals surface area contributed by atoms with Crippen molar-refractivity contribution in [3.05, 3.63) is 0 Å². The molecule has 0 saturated carbocycles. The van der Waals surface area contributed by atoms with E-state index in [0.29, 0.717) is 0 Å². The van der Waals surface area contributed by atoms with Gasteiger partial charge in [-0.1, -0.05) is 19.8 Å². The lowest BCUT2D eigenvalue weighted by Gasteiger charge is -2.27. The van der Waals surface area contributed by atoms with Gasteiger partial charge in [-0.15, -0.1) is 0 Å². The highest BCUT2D eigenvalue weighted by molar-refractivity contribution is 5.76. The van der Waals surface area contributed by atoms with E-state index in [0.717, 1.165) is 25.9 Å². The molecular formula is C14H27NO2. The second kappa shape index (κ2) is 6.39. The first kappa shape index (κ1) is 14.5. The number of carbonyl (C=O) groups excluding carboxylic acids is 1. The summed E-state index contributed by atoms with van der Waals surface area (Å²) in [5.41, 5.74) is -0.366. The summed E-state index contributed by atoms with van der Waals surface area (Å²) >= 11 is 0. The Morgan fingerprint density at radius 3 is 2.65 bits per heavy atom. The van der Waals surface area contributed by atoms with Gasteiger partial charge in [-0.05, 0) is 53.1 Å². The van der Waals surface area contributed by atoms with Gasteiger partial charge in [0, 0.05) is 0 Å². The van der Waals surface area contributed by atoms with Crippen LogP contribution in [0.15, 0.2) is 0 Å². The van der Waals surface area contributed by atoms with Gasteiger partial charge < -0.3 is 4.74 Å². The highest BCUT2D eigenvalue weighted by Gasteiger charge is 2.33. The number of likely N-dealkylation sites (tertiary alicyclic amines) is 1. The molecule has 0 unspecified atom stereocenters. The fourth-order valence-electron chi connectivity index (χ4n) is 2.30. The van der Waals surface area contributed by atoms with Crippen LogP contribution in [0.1, 0.15) is 59.8 Å². The minimum Gasteiger partial charge on any atom is -0.459 e. The average Bonchev–Trinajstić information content (AvgIpc) is 2.64. The lowest BCUT2D eigenvalue weighted by molar-refractivity contribution is -0.160. The molecule has 1 aliphatic rings. The van der Waals surface area contributed by atoms with Gasteiger partial charge in [0.05, 0.1) is 0 Å². The Morgan fingerprint density at radius 2 is 2.06 bits per heavy atom. The molecule has 1 fully saturated rings. The molecule has 1 saturated heterocycles. The summed E-state index contributed by atoms with van der Waals surface area (Å²) in [6, 6.07) is 0.00563. The monoisotopic (exact) mass is 241 g/mol. The first-order valence-electron chi connectivity index (χ1n) is 6.91. The van der Waals surface area contributed by atoms with Gasteiger partial charge in [0.1, 0.15) is 11.6 Å². The van der Waals surface area contributed by atoms with Gasteiger partial charge in [-0.3, -0.25) is 9.69 Å². The van der Waals surface area contributed by atoms with Crippen LogP contribution in [-0.2, 0) is 9.53 Å². The molecular weight excluding hydrogens is 214 g/mol. The van der Waals surface area contributed by atoms with Crippen molar-refractivity contribution in [2.75, 3.05) is 13.1 Å². The van der Waals surface area contributed by atoms with Gasteiger partial charge in [-0.25, -0.2) is 0 Å². The van der Waals surface area contributed by atoms with Crippen LogP contribution in [0, 0.1) is 0 Å². The molecule has 0 amide bonds. The Morgan fingerprint density at radius 1 is 1.35 bits per heavy atom. The standard InChI is InChI=1S/C14H27NO2/c1-5-6-7-10-15-11-8-9-12(15)13(16)17-14(2,3)4/h12H,5-11H2,1-4H3/t12-/m1/s1. The van der Waals surface area contributed by atoms with Crippen LogP contribution in [0.5, 0.6) is 0 Å². The Bertz CT molecular complexity index is 245. The van der Waals surface area contributed by atoms with Crippen molar-refractivity contribution >= 4 is 5.97 Å². The van der Waals surface area contributed by atoms with Crippen molar-refractivity contribution in [2.24, 2.45) is 0 Å². The SMILES string of the molecule is CCCCCN1CCC[C@@H]1C(=O)OC(C)(C)C. The number of unbranched alkanes of at least 4 members (excludes halogenated alkanes) is 2. The van der Waals surface area contributed by atoms with Crippen LogP contribution >= 0.6 is 0 Å². The molecule has 0 radical (unpaired) electrons. The smallest absolute Gasteiger partial charge is 0.323 e. The van der Waals surface area contributed by atoms with E-state index < -0.39 is 0 Å². The first-order valence-corrected chi connectivity index (χ1v) is 6.91. The quantitative estimate of drug-likeness (QED) is 0.547. The lowest BCUT2D eigenvalue weighted by atomic mass is 10.1. The van der Waals surface area contributed by atoms with E-state index in [1.54, 1.807) is 0 Å². The van der Waals surface area contributed by atoms with Gasteiger partial charge in [0.25, 0.3) is 0 Å². The summed E-state index contributed by atoms with van der Waals surface area (Å²) < 4.78 is 5.48. The van der Waals surface area contributed by atoms with Crippen molar-refractivity contribution in [1.82, 2.24) is 4.90 Å². The molecule has 1 atom stereocenters. The maximum absolute atomic E-state index is 12.0. The molecule has 0 N–H and O–H groups in total. The molecule has 1 aliphatic heterocycles. The zero-order valence-corrected chi connectivity index (χ0v) is 11.8. The van der Waals surface area contributed by atoms with E-state index in [1.807, 2.05) is 20.8 Å². The molecule has 0 spiro atoms. The summed E-state index contributed by atoms with van der Waals surface area (Å²) in [7, 11) is 0. The number of ether oxygens (including phenoxy) is 1. The fourth-order valence-corrected chi connectivity index (χ4v) is 2.30. The minimum atomic E-state index is -0.366. The van der Waals surface area contributed by atoms with Gasteiger partial charge in [0.2, 0.25) is 0 Å². The maximum atomic E-state index is 12.0. The van der Waals surface area contributed by atoms with E-state index in [2.05, 4.69) is 11.8 Å². The molecule has 1 heterocycles. The second-order valence-electron chi connectivity index (χ2n) is 5.93. The molecule has 0 aromatic carbocycles. The molecule has 1 rings (SSSR count). The van der Waals surface area contributed by atoms with Crippen LogP contribution in [0.25, 0.3) is 0 Å². The molecule has 0 aliphatic carbocycles. The second-order valence-corrected chi connectivity index (χ2v) is 5.93. The highest BCUT2D eigenvalue weighted by Crippen LogP contribution is 2.21. The van der Waals surface area contributed by atoms with Crippen molar-refractivity contribution in [3.8, 4) is 0 Å². The third-order valence-electron chi connectivity index (χ3n) is 3.09. The predicted octanol–water partition coefficient (Wildman–Crippen LogP) is 2.98. The molecule has 17 heavy (non-hydrogen) atoms. The minimum absolute atomic E-state index is 0.00563. The molecule has 0 aromatic heterocycles. The molecule has 0 aromatic rings. The van der Waals surface area contributed by atoms with Crippen LogP contribution in [0.2, 0.25) is 0 Å². The van der Waals surface area contributed by atoms with Gasteiger partial charge in [0.15, 0.2) is 0 Å². The van der Waals surface area contributed by atoms with Crippen LogP contribution in [-0.4, -0.2) is 35.6 Å². The van der Waals surface area contributed by atoms with E-state index >= 15 is 0 Å². The average molecular weight is 241 g/mol. The van der Waals surface area contributed by atoms with Crippen molar-refractivity contribution in [3.63, 3.8) is 0 Å². The van der Waals surface area contributed by atoms with Crippen molar-refractivity contribution in [2.45, 2.75) is 71.4 Å². The molecule has 0 bridgehead atoms. The Labute approximate surface area is 106 Å². The summed E-state index contributed by atoms with van der Waals surface area (Å²) in [5, 5.41) is 0. The fraction of sp³-hybridized carbons (Fsp3) is 0.929. The first-order chi connectivity index (χ1) is 7.94.